The van der Waals surface area contributed by atoms with Crippen LogP contribution in [0.4, 0.5) is 5.69 Å². The third kappa shape index (κ3) is 3.74. The zero-order chi connectivity index (χ0) is 13.7. The molecule has 4 heteroatoms. The molecule has 4 nitrogen and oxygen atoms in total. The van der Waals surface area contributed by atoms with Gasteiger partial charge in [0.15, 0.2) is 0 Å². The summed E-state index contributed by atoms with van der Waals surface area (Å²) in [4.78, 5) is 11.1. The zero-order valence-electron chi connectivity index (χ0n) is 11.5. The minimum absolute atomic E-state index is 0.106. The molecule has 1 aromatic carbocycles. The zero-order valence-corrected chi connectivity index (χ0v) is 11.5. The minimum atomic E-state index is -0.106. The molecule has 1 aromatic heterocycles. The summed E-state index contributed by atoms with van der Waals surface area (Å²) in [5, 5.41) is 8.87. The van der Waals surface area contributed by atoms with Gasteiger partial charge in [0, 0.05) is 17.8 Å². The summed E-state index contributed by atoms with van der Waals surface area (Å²) in [5.74, 6) is 0. The maximum absolute atomic E-state index is 11.1. The summed E-state index contributed by atoms with van der Waals surface area (Å²) in [5.41, 5.74) is 2.83. The number of aromatic nitrogens is 2. The molecule has 0 saturated heterocycles. The van der Waals surface area contributed by atoms with Gasteiger partial charge >= 0.3 is 0 Å². The van der Waals surface area contributed by atoms with E-state index in [1.807, 2.05) is 24.3 Å². The molecule has 0 radical (unpaired) electrons. The Morgan fingerprint density at radius 3 is 2.53 bits per heavy atom. The first-order valence-electron chi connectivity index (χ1n) is 6.83. The average molecular weight is 259 g/mol. The van der Waals surface area contributed by atoms with Crippen LogP contribution < -0.4 is 10.9 Å². The van der Waals surface area contributed by atoms with E-state index in [1.165, 1.54) is 19.3 Å². The van der Waals surface area contributed by atoms with Gasteiger partial charge in [-0.15, -0.1) is 0 Å². The summed E-state index contributed by atoms with van der Waals surface area (Å²) < 4.78 is 0. The number of H-pyrrole nitrogens is 2. The van der Waals surface area contributed by atoms with Crippen LogP contribution in [-0.2, 0) is 0 Å². The first kappa shape index (κ1) is 13.5. The molecule has 1 heterocycles. The predicted octanol–water partition coefficient (Wildman–Crippen LogP) is 3.36. The molecule has 0 amide bonds. The van der Waals surface area contributed by atoms with E-state index in [4.69, 9.17) is 0 Å². The highest BCUT2D eigenvalue weighted by Crippen LogP contribution is 2.19. The largest absolute Gasteiger partial charge is 0.383 e. The maximum Gasteiger partial charge on any atom is 0.264 e. The van der Waals surface area contributed by atoms with E-state index >= 15 is 0 Å². The van der Waals surface area contributed by atoms with Crippen LogP contribution in [-0.4, -0.2) is 16.2 Å². The summed E-state index contributed by atoms with van der Waals surface area (Å²) in [6.45, 7) is 4.41. The predicted molar refractivity (Wildman–Crippen MR) is 79.5 cm³/mol. The molecule has 1 atom stereocenters. The Balaban J connectivity index is 2.00. The van der Waals surface area contributed by atoms with E-state index in [2.05, 4.69) is 29.4 Å². The van der Waals surface area contributed by atoms with E-state index in [-0.39, 0.29) is 5.56 Å². The molecule has 0 aliphatic heterocycles. The van der Waals surface area contributed by atoms with Gasteiger partial charge < -0.3 is 5.32 Å². The fourth-order valence-electron chi connectivity index (χ4n) is 2.10. The number of nitrogens with one attached hydrogen (secondary N) is 3. The number of benzene rings is 1. The first-order chi connectivity index (χ1) is 9.19. The molecule has 0 aliphatic carbocycles. The topological polar surface area (TPSA) is 60.7 Å². The van der Waals surface area contributed by atoms with Crippen LogP contribution in [0.5, 0.6) is 0 Å². The van der Waals surface area contributed by atoms with Crippen molar-refractivity contribution in [1.29, 1.82) is 0 Å². The van der Waals surface area contributed by atoms with Crippen LogP contribution in [0.3, 0.4) is 0 Å². The SMILES string of the molecule is CCCCC(C)Nc1ccc(-c2cc(=O)[nH][nH]2)cc1. The highest BCUT2D eigenvalue weighted by Gasteiger charge is 2.03. The van der Waals surface area contributed by atoms with Crippen molar-refractivity contribution in [1.82, 2.24) is 10.2 Å². The van der Waals surface area contributed by atoms with Crippen LogP contribution in [0, 0.1) is 0 Å². The minimum Gasteiger partial charge on any atom is -0.383 e. The van der Waals surface area contributed by atoms with Gasteiger partial charge in [-0.2, -0.15) is 0 Å². The van der Waals surface area contributed by atoms with Crippen LogP contribution in [0.15, 0.2) is 35.1 Å². The molecule has 0 fully saturated rings. The molecule has 0 spiro atoms. The van der Waals surface area contributed by atoms with E-state index < -0.39 is 0 Å². The summed E-state index contributed by atoms with van der Waals surface area (Å²) >= 11 is 0. The van der Waals surface area contributed by atoms with Crippen LogP contribution in [0.25, 0.3) is 11.3 Å². The molecule has 2 rings (SSSR count). The molecule has 19 heavy (non-hydrogen) atoms. The Bertz CT molecular complexity index is 553. The highest BCUT2D eigenvalue weighted by molar-refractivity contribution is 5.62. The van der Waals surface area contributed by atoms with Gasteiger partial charge in [-0.05, 0) is 31.0 Å². The van der Waals surface area contributed by atoms with Crippen molar-refractivity contribution in [2.24, 2.45) is 0 Å². The summed E-state index contributed by atoms with van der Waals surface area (Å²) in [7, 11) is 0. The maximum atomic E-state index is 11.1. The molecule has 0 saturated carbocycles. The molecule has 3 N–H and O–H groups in total. The lowest BCUT2D eigenvalue weighted by Gasteiger charge is -2.14. The van der Waals surface area contributed by atoms with Crippen LogP contribution in [0.1, 0.15) is 33.1 Å². The standard InChI is InChI=1S/C15H21N3O/c1-3-4-5-11(2)16-13-8-6-12(7-9-13)14-10-15(19)18-17-14/h6-11,16H,3-5H2,1-2H3,(H2,17,18,19). The summed E-state index contributed by atoms with van der Waals surface area (Å²) in [6.07, 6.45) is 3.66. The fraction of sp³-hybridized carbons (Fsp3) is 0.400. The Morgan fingerprint density at radius 2 is 1.95 bits per heavy atom. The van der Waals surface area contributed by atoms with Crippen LogP contribution >= 0.6 is 0 Å². The van der Waals surface area contributed by atoms with Gasteiger partial charge in [-0.3, -0.25) is 15.0 Å². The van der Waals surface area contributed by atoms with Crippen LogP contribution in [0.2, 0.25) is 0 Å². The number of rotatable bonds is 6. The van der Waals surface area contributed by atoms with Crippen molar-refractivity contribution in [2.45, 2.75) is 39.2 Å². The Labute approximate surface area is 113 Å². The quantitative estimate of drug-likeness (QED) is 0.745. The third-order valence-corrected chi connectivity index (χ3v) is 3.20. The number of anilines is 1. The second-order valence-corrected chi connectivity index (χ2v) is 4.94. The summed E-state index contributed by atoms with van der Waals surface area (Å²) in [6, 6.07) is 10.2. The first-order valence-corrected chi connectivity index (χ1v) is 6.83. The van der Waals surface area contributed by atoms with Crippen molar-refractivity contribution in [3.8, 4) is 11.3 Å². The molecule has 1 unspecified atom stereocenters. The lowest BCUT2D eigenvalue weighted by Crippen LogP contribution is -2.14. The van der Waals surface area contributed by atoms with E-state index in [1.54, 1.807) is 6.07 Å². The van der Waals surface area contributed by atoms with Gasteiger partial charge in [-0.25, -0.2) is 0 Å². The molecule has 102 valence electrons. The number of hydrogen-bond donors (Lipinski definition) is 3. The number of unbranched alkanes of at least 4 members (excludes halogenated alkanes) is 1. The van der Waals surface area contributed by atoms with Crippen molar-refractivity contribution in [3.63, 3.8) is 0 Å². The number of hydrogen-bond acceptors (Lipinski definition) is 2. The van der Waals surface area contributed by atoms with Gasteiger partial charge in [0.1, 0.15) is 0 Å². The number of aromatic amines is 2. The van der Waals surface area contributed by atoms with E-state index in [0.717, 1.165) is 16.9 Å². The Kier molecular flexibility index (Phi) is 4.44. The molecule has 2 aromatic rings. The molecular weight excluding hydrogens is 238 g/mol. The average Bonchev–Trinajstić information content (AvgIpc) is 2.84. The van der Waals surface area contributed by atoms with Gasteiger partial charge in [0.2, 0.25) is 0 Å². The van der Waals surface area contributed by atoms with E-state index in [9.17, 15) is 4.79 Å². The Morgan fingerprint density at radius 1 is 1.21 bits per heavy atom. The fourth-order valence-corrected chi connectivity index (χ4v) is 2.10. The van der Waals surface area contributed by atoms with Crippen molar-refractivity contribution in [3.05, 3.63) is 40.7 Å². The third-order valence-electron chi connectivity index (χ3n) is 3.20. The normalized spacial score (nSPS) is 12.3. The Hall–Kier alpha value is -1.97. The molecule has 0 bridgehead atoms. The molecular formula is C15H21N3O. The van der Waals surface area contributed by atoms with Gasteiger partial charge in [-0.1, -0.05) is 31.9 Å². The van der Waals surface area contributed by atoms with Gasteiger partial charge in [0.05, 0.1) is 5.69 Å². The lowest BCUT2D eigenvalue weighted by atomic mass is 10.1. The molecule has 0 aliphatic rings. The van der Waals surface area contributed by atoms with Crippen molar-refractivity contribution >= 4 is 5.69 Å². The van der Waals surface area contributed by atoms with E-state index in [0.29, 0.717) is 6.04 Å². The van der Waals surface area contributed by atoms with Crippen molar-refractivity contribution < 1.29 is 0 Å². The van der Waals surface area contributed by atoms with Gasteiger partial charge in [0.25, 0.3) is 5.56 Å². The van der Waals surface area contributed by atoms with Crippen molar-refractivity contribution in [2.75, 3.05) is 5.32 Å². The smallest absolute Gasteiger partial charge is 0.264 e. The highest BCUT2D eigenvalue weighted by atomic mass is 16.1. The second-order valence-electron chi connectivity index (χ2n) is 4.94. The lowest BCUT2D eigenvalue weighted by molar-refractivity contribution is 0.645. The monoisotopic (exact) mass is 259 g/mol. The second kappa shape index (κ2) is 6.27.